The maximum Gasteiger partial charge on any atom is 0.349 e. The summed E-state index contributed by atoms with van der Waals surface area (Å²) in [7, 11) is -4.15. The molecule has 0 bridgehead atoms. The second-order valence-corrected chi connectivity index (χ2v) is 7.16. The lowest BCUT2D eigenvalue weighted by Crippen LogP contribution is -2.33. The highest BCUT2D eigenvalue weighted by Gasteiger charge is 2.23. The minimum absolute atomic E-state index is 0.0868. The number of imidazole rings is 1. The summed E-state index contributed by atoms with van der Waals surface area (Å²) in [6.45, 7) is 1.80. The first-order valence-corrected chi connectivity index (χ1v) is 8.68. The van der Waals surface area contributed by atoms with Crippen LogP contribution in [-0.2, 0) is 10.0 Å². The maximum absolute atomic E-state index is 13.7. The van der Waals surface area contributed by atoms with E-state index in [2.05, 4.69) is 0 Å². The van der Waals surface area contributed by atoms with Crippen LogP contribution in [0.25, 0.3) is 0 Å². The Hall–Kier alpha value is -3.00. The summed E-state index contributed by atoms with van der Waals surface area (Å²) in [4.78, 5) is 24.6. The smallest absolute Gasteiger partial charge is 0.268 e. The molecule has 0 amide bonds. The Labute approximate surface area is 142 Å². The van der Waals surface area contributed by atoms with Crippen LogP contribution in [0.2, 0.25) is 0 Å². The monoisotopic (exact) mass is 360 g/mol. The number of halogens is 1. The SMILES string of the molecule is Cc1ccc(S(=O)(=O)n2ccn(C(=O)c3ccccc3F)c2=O)cc1. The van der Waals surface area contributed by atoms with Gasteiger partial charge in [0.1, 0.15) is 5.82 Å². The zero-order valence-corrected chi connectivity index (χ0v) is 13.9. The van der Waals surface area contributed by atoms with Crippen LogP contribution in [0, 0.1) is 12.7 Å². The van der Waals surface area contributed by atoms with Crippen molar-refractivity contribution < 1.29 is 17.6 Å². The quantitative estimate of drug-likeness (QED) is 0.716. The summed E-state index contributed by atoms with van der Waals surface area (Å²) in [6.07, 6.45) is 1.97. The first-order chi connectivity index (χ1) is 11.8. The van der Waals surface area contributed by atoms with Gasteiger partial charge in [0.15, 0.2) is 0 Å². The molecule has 0 unspecified atom stereocenters. The van der Waals surface area contributed by atoms with Gasteiger partial charge in [-0.25, -0.2) is 22.2 Å². The number of aromatic nitrogens is 2. The minimum atomic E-state index is -4.15. The highest BCUT2D eigenvalue weighted by atomic mass is 32.2. The second kappa shape index (κ2) is 6.14. The molecule has 0 fully saturated rings. The van der Waals surface area contributed by atoms with E-state index in [1.54, 1.807) is 19.1 Å². The number of hydrogen-bond acceptors (Lipinski definition) is 4. The lowest BCUT2D eigenvalue weighted by Gasteiger charge is -2.05. The van der Waals surface area contributed by atoms with Gasteiger partial charge in [0.2, 0.25) is 0 Å². The first-order valence-electron chi connectivity index (χ1n) is 7.24. The summed E-state index contributed by atoms with van der Waals surface area (Å²) in [5.74, 6) is -1.74. The van der Waals surface area contributed by atoms with E-state index in [4.69, 9.17) is 0 Å². The zero-order chi connectivity index (χ0) is 18.2. The van der Waals surface area contributed by atoms with E-state index in [-0.39, 0.29) is 10.5 Å². The number of carbonyl (C=O) groups excluding carboxylic acids is 1. The summed E-state index contributed by atoms with van der Waals surface area (Å²) in [6, 6.07) is 11.1. The first kappa shape index (κ1) is 16.8. The number of aryl methyl sites for hydroxylation is 1. The van der Waals surface area contributed by atoms with Crippen LogP contribution in [0.5, 0.6) is 0 Å². The Bertz CT molecular complexity index is 1110. The van der Waals surface area contributed by atoms with Gasteiger partial charge in [0.25, 0.3) is 15.9 Å². The molecule has 25 heavy (non-hydrogen) atoms. The molecule has 8 heteroatoms. The van der Waals surface area contributed by atoms with Gasteiger partial charge in [-0.2, -0.15) is 3.97 Å². The number of carbonyl (C=O) groups is 1. The molecular weight excluding hydrogens is 347 g/mol. The maximum atomic E-state index is 13.7. The Balaban J connectivity index is 2.08. The predicted octanol–water partition coefficient (Wildman–Crippen LogP) is 2.02. The average molecular weight is 360 g/mol. The Morgan fingerprint density at radius 3 is 2.28 bits per heavy atom. The third-order valence-electron chi connectivity index (χ3n) is 3.65. The number of hydrogen-bond donors (Lipinski definition) is 0. The van der Waals surface area contributed by atoms with Crippen molar-refractivity contribution in [2.24, 2.45) is 0 Å². The summed E-state index contributed by atoms with van der Waals surface area (Å²) in [5, 5.41) is 0. The molecule has 1 heterocycles. The summed E-state index contributed by atoms with van der Waals surface area (Å²) >= 11 is 0. The van der Waals surface area contributed by atoms with Crippen molar-refractivity contribution in [1.82, 2.24) is 8.54 Å². The molecule has 1 aromatic heterocycles. The van der Waals surface area contributed by atoms with E-state index in [9.17, 15) is 22.4 Å². The van der Waals surface area contributed by atoms with Gasteiger partial charge < -0.3 is 0 Å². The van der Waals surface area contributed by atoms with Crippen LogP contribution in [0.3, 0.4) is 0 Å². The number of benzene rings is 2. The van der Waals surface area contributed by atoms with Gasteiger partial charge >= 0.3 is 5.69 Å². The number of rotatable bonds is 3. The highest BCUT2D eigenvalue weighted by Crippen LogP contribution is 2.13. The van der Waals surface area contributed by atoms with Crippen LogP contribution in [0.15, 0.2) is 70.6 Å². The fraction of sp³-hybridized carbons (Fsp3) is 0.0588. The van der Waals surface area contributed by atoms with E-state index in [0.29, 0.717) is 8.54 Å². The Kier molecular flexibility index (Phi) is 4.13. The fourth-order valence-corrected chi connectivity index (χ4v) is 3.50. The molecule has 128 valence electrons. The Morgan fingerprint density at radius 2 is 1.64 bits per heavy atom. The topological polar surface area (TPSA) is 78.1 Å². The van der Waals surface area contributed by atoms with Crippen LogP contribution < -0.4 is 5.69 Å². The number of nitrogens with zero attached hydrogens (tertiary/aromatic N) is 2. The van der Waals surface area contributed by atoms with Crippen LogP contribution in [0.1, 0.15) is 15.9 Å². The minimum Gasteiger partial charge on any atom is -0.268 e. The van der Waals surface area contributed by atoms with E-state index in [1.807, 2.05) is 0 Å². The normalized spacial score (nSPS) is 11.4. The molecule has 0 radical (unpaired) electrons. The third-order valence-corrected chi connectivity index (χ3v) is 5.31. The van der Waals surface area contributed by atoms with E-state index < -0.39 is 27.4 Å². The van der Waals surface area contributed by atoms with Crippen molar-refractivity contribution in [3.8, 4) is 0 Å². The fourth-order valence-electron chi connectivity index (χ4n) is 2.29. The van der Waals surface area contributed by atoms with Crippen molar-refractivity contribution in [3.63, 3.8) is 0 Å². The molecule has 0 atom stereocenters. The molecule has 0 saturated carbocycles. The van der Waals surface area contributed by atoms with Crippen molar-refractivity contribution in [2.45, 2.75) is 11.8 Å². The molecular formula is C17H13FN2O4S. The van der Waals surface area contributed by atoms with Crippen LogP contribution >= 0.6 is 0 Å². The zero-order valence-electron chi connectivity index (χ0n) is 13.1. The van der Waals surface area contributed by atoms with Crippen molar-refractivity contribution >= 4 is 15.9 Å². The van der Waals surface area contributed by atoms with E-state index >= 15 is 0 Å². The van der Waals surface area contributed by atoms with Gasteiger partial charge in [0, 0.05) is 12.4 Å². The second-order valence-electron chi connectivity index (χ2n) is 5.35. The van der Waals surface area contributed by atoms with Gasteiger partial charge in [0.05, 0.1) is 10.5 Å². The molecule has 0 aliphatic rings. The van der Waals surface area contributed by atoms with Gasteiger partial charge in [-0.15, -0.1) is 0 Å². The van der Waals surface area contributed by atoms with Crippen molar-refractivity contribution in [1.29, 1.82) is 0 Å². The molecule has 0 N–H and O–H groups in total. The molecule has 6 nitrogen and oxygen atoms in total. The third kappa shape index (κ3) is 2.91. The van der Waals surface area contributed by atoms with Crippen LogP contribution in [-0.4, -0.2) is 22.9 Å². The van der Waals surface area contributed by atoms with Gasteiger partial charge in [-0.1, -0.05) is 29.8 Å². The summed E-state index contributed by atoms with van der Waals surface area (Å²) in [5.41, 5.74) is -0.553. The standard InChI is InChI=1S/C17H13FN2O4S/c1-12-6-8-13(9-7-12)25(23,24)20-11-10-19(17(20)22)16(21)14-4-2-3-5-15(14)18/h2-11H,1H3. The largest absolute Gasteiger partial charge is 0.349 e. The van der Waals surface area contributed by atoms with Gasteiger partial charge in [-0.3, -0.25) is 4.79 Å². The van der Waals surface area contributed by atoms with E-state index in [0.717, 1.165) is 24.0 Å². The van der Waals surface area contributed by atoms with E-state index in [1.165, 1.54) is 30.3 Å². The molecule has 3 aromatic rings. The van der Waals surface area contributed by atoms with Crippen molar-refractivity contribution in [3.05, 3.63) is 88.4 Å². The lowest BCUT2D eigenvalue weighted by atomic mass is 10.2. The molecule has 3 rings (SSSR count). The molecule has 0 spiro atoms. The molecule has 0 saturated heterocycles. The van der Waals surface area contributed by atoms with Crippen LogP contribution in [0.4, 0.5) is 4.39 Å². The average Bonchev–Trinajstić information content (AvgIpc) is 2.97. The van der Waals surface area contributed by atoms with Gasteiger partial charge in [-0.05, 0) is 31.2 Å². The summed E-state index contributed by atoms with van der Waals surface area (Å²) < 4.78 is 39.9. The molecule has 0 aliphatic carbocycles. The molecule has 0 aliphatic heterocycles. The highest BCUT2D eigenvalue weighted by molar-refractivity contribution is 7.90. The lowest BCUT2D eigenvalue weighted by molar-refractivity contribution is 0.0952. The van der Waals surface area contributed by atoms with Crippen molar-refractivity contribution in [2.75, 3.05) is 0 Å². The molecule has 2 aromatic carbocycles. The predicted molar refractivity (Wildman–Crippen MR) is 88.6 cm³/mol. The Morgan fingerprint density at radius 1 is 1.00 bits per heavy atom.